The lowest BCUT2D eigenvalue weighted by Gasteiger charge is -2.17. The quantitative estimate of drug-likeness (QED) is 0.152. The topological polar surface area (TPSA) is 25.2 Å². The molecule has 1 heterocycles. The average molecular weight is 639 g/mol. The number of rotatable bonds is 6. The SMILES string of the molecule is C=C(c1ccccc1)c1ccc2c(C3=CC=CCC=C3)cc(C3=CC4=C=C(C=CC=C4)C=C3)nc2c1N=C(C)C1=C=CC=c2ccccc2=C1. The number of benzene rings is 3. The molecule has 2 bridgehead atoms. The molecule has 3 aromatic carbocycles. The van der Waals surface area contributed by atoms with Crippen molar-refractivity contribution in [2.24, 2.45) is 4.99 Å². The fourth-order valence-electron chi connectivity index (χ4n) is 6.53. The standard InChI is InChI=1S/C48H34N2/c1-33(37-17-8-5-9-18-37)43-27-28-44-45(39-20-6-3-4-7-21-39)32-46(42-26-25-35-15-10-11-16-36(29-35)30-42)50-48(44)47(43)49-34(2)40-24-14-23-38-19-12-13-22-41(38)31-40/h3,5-23,25-28,30-32H,1,4H2,2H3. The maximum Gasteiger partial charge on any atom is 0.0978 e. The molecular weight excluding hydrogens is 605 g/mol. The summed E-state index contributed by atoms with van der Waals surface area (Å²) in [6.45, 7) is 6.66. The van der Waals surface area contributed by atoms with Crippen LogP contribution in [0.4, 0.5) is 5.69 Å². The Bertz CT molecular complexity index is 2630. The number of fused-ring (bicyclic) bond motifs is 2. The Morgan fingerprint density at radius 1 is 0.760 bits per heavy atom. The number of aliphatic imine (C=N–C) groups is 1. The maximum absolute atomic E-state index is 5.46. The third-order valence-corrected chi connectivity index (χ3v) is 9.16. The number of hydrogen-bond donors (Lipinski definition) is 0. The monoisotopic (exact) mass is 638 g/mol. The lowest BCUT2D eigenvalue weighted by atomic mass is 9.92. The van der Waals surface area contributed by atoms with Crippen molar-refractivity contribution in [1.29, 1.82) is 0 Å². The van der Waals surface area contributed by atoms with Crippen LogP contribution in [0.2, 0.25) is 0 Å². The average Bonchev–Trinajstić information content (AvgIpc) is 3.72. The molecule has 0 radical (unpaired) electrons. The molecule has 0 saturated carbocycles. The number of nitrogens with zero attached hydrogens (tertiary/aromatic N) is 2. The van der Waals surface area contributed by atoms with Gasteiger partial charge in [0.25, 0.3) is 0 Å². The van der Waals surface area contributed by atoms with Gasteiger partial charge in [0.2, 0.25) is 0 Å². The molecule has 236 valence electrons. The van der Waals surface area contributed by atoms with Crippen molar-refractivity contribution in [3.05, 3.63) is 219 Å². The van der Waals surface area contributed by atoms with Crippen molar-refractivity contribution in [2.75, 3.05) is 0 Å². The summed E-state index contributed by atoms with van der Waals surface area (Å²) in [6.07, 6.45) is 32.7. The van der Waals surface area contributed by atoms with Crippen molar-refractivity contribution in [3.63, 3.8) is 0 Å². The molecule has 0 aliphatic heterocycles. The van der Waals surface area contributed by atoms with Gasteiger partial charge in [0.1, 0.15) is 0 Å². The van der Waals surface area contributed by atoms with Crippen LogP contribution in [0.3, 0.4) is 0 Å². The molecule has 0 N–H and O–H groups in total. The van der Waals surface area contributed by atoms with Gasteiger partial charge in [0.05, 0.1) is 22.6 Å². The van der Waals surface area contributed by atoms with E-state index in [1.165, 1.54) is 0 Å². The van der Waals surface area contributed by atoms with E-state index in [9.17, 15) is 0 Å². The molecule has 50 heavy (non-hydrogen) atoms. The molecule has 0 saturated heterocycles. The van der Waals surface area contributed by atoms with Crippen molar-refractivity contribution in [3.8, 4) is 0 Å². The minimum atomic E-state index is 0.784. The lowest BCUT2D eigenvalue weighted by molar-refractivity contribution is 1.32. The second-order valence-electron chi connectivity index (χ2n) is 12.5. The van der Waals surface area contributed by atoms with Crippen LogP contribution in [0, 0.1) is 0 Å². The molecule has 0 unspecified atom stereocenters. The summed E-state index contributed by atoms with van der Waals surface area (Å²) in [5, 5.41) is 3.32. The summed E-state index contributed by atoms with van der Waals surface area (Å²) < 4.78 is 0. The Morgan fingerprint density at radius 2 is 1.58 bits per heavy atom. The van der Waals surface area contributed by atoms with Gasteiger partial charge >= 0.3 is 0 Å². The molecule has 0 atom stereocenters. The fourth-order valence-corrected chi connectivity index (χ4v) is 6.53. The van der Waals surface area contributed by atoms with E-state index in [2.05, 4.69) is 159 Å². The minimum absolute atomic E-state index is 0.784. The number of pyridine rings is 1. The molecule has 0 fully saturated rings. The van der Waals surface area contributed by atoms with Crippen molar-refractivity contribution in [2.45, 2.75) is 13.3 Å². The van der Waals surface area contributed by atoms with E-state index in [-0.39, 0.29) is 0 Å². The van der Waals surface area contributed by atoms with Crippen LogP contribution in [0.15, 0.2) is 192 Å². The molecule has 2 nitrogen and oxygen atoms in total. The highest BCUT2D eigenvalue weighted by atomic mass is 14.8. The van der Waals surface area contributed by atoms with E-state index in [4.69, 9.17) is 9.98 Å². The Labute approximate surface area is 293 Å². The highest BCUT2D eigenvalue weighted by Crippen LogP contribution is 2.40. The summed E-state index contributed by atoms with van der Waals surface area (Å²) in [5.74, 6) is 0. The van der Waals surface area contributed by atoms with Crippen LogP contribution < -0.4 is 10.4 Å². The van der Waals surface area contributed by atoms with Gasteiger partial charge in [-0.3, -0.25) is 0 Å². The number of allylic oxidation sites excluding steroid dienone is 16. The molecular formula is C48H34N2. The summed E-state index contributed by atoms with van der Waals surface area (Å²) in [5.41, 5.74) is 19.4. The van der Waals surface area contributed by atoms with Gasteiger partial charge in [0.15, 0.2) is 0 Å². The first kappa shape index (κ1) is 30.8. The van der Waals surface area contributed by atoms with Gasteiger partial charge < -0.3 is 0 Å². The largest absolute Gasteiger partial charge is 0.250 e. The normalized spacial score (nSPS) is 16.0. The van der Waals surface area contributed by atoms with Crippen LogP contribution in [0.5, 0.6) is 0 Å². The van der Waals surface area contributed by atoms with Gasteiger partial charge in [-0.25, -0.2) is 9.98 Å². The second kappa shape index (κ2) is 13.5. The van der Waals surface area contributed by atoms with E-state index in [1.54, 1.807) is 0 Å². The van der Waals surface area contributed by atoms with Gasteiger partial charge in [-0.2, -0.15) is 0 Å². The van der Waals surface area contributed by atoms with Crippen molar-refractivity contribution in [1.82, 2.24) is 4.98 Å². The Morgan fingerprint density at radius 3 is 2.46 bits per heavy atom. The maximum atomic E-state index is 5.46. The van der Waals surface area contributed by atoms with E-state index in [1.807, 2.05) is 30.4 Å². The van der Waals surface area contributed by atoms with E-state index >= 15 is 0 Å². The zero-order valence-electron chi connectivity index (χ0n) is 27.9. The highest BCUT2D eigenvalue weighted by Gasteiger charge is 2.19. The second-order valence-corrected chi connectivity index (χ2v) is 12.5. The van der Waals surface area contributed by atoms with Gasteiger partial charge in [0, 0.05) is 33.2 Å². The predicted molar refractivity (Wildman–Crippen MR) is 212 cm³/mol. The first-order valence-corrected chi connectivity index (χ1v) is 16.9. The first-order valence-electron chi connectivity index (χ1n) is 16.9. The Hall–Kier alpha value is -6.56. The smallest absolute Gasteiger partial charge is 0.0978 e. The first-order chi connectivity index (χ1) is 24.6. The van der Waals surface area contributed by atoms with Crippen LogP contribution in [-0.2, 0) is 0 Å². The molecule has 1 aromatic heterocycles. The summed E-state index contributed by atoms with van der Waals surface area (Å²) >= 11 is 0. The van der Waals surface area contributed by atoms with Crippen molar-refractivity contribution >= 4 is 51.2 Å². The summed E-state index contributed by atoms with van der Waals surface area (Å²) in [7, 11) is 0. The Balaban J connectivity index is 1.41. The van der Waals surface area contributed by atoms with Gasteiger partial charge in [-0.05, 0) is 94.7 Å². The minimum Gasteiger partial charge on any atom is -0.250 e. The van der Waals surface area contributed by atoms with Gasteiger partial charge in [-0.15, -0.1) is 11.5 Å². The molecule has 8 rings (SSSR count). The molecule has 4 aromatic rings. The summed E-state index contributed by atoms with van der Waals surface area (Å²) in [4.78, 5) is 10.9. The van der Waals surface area contributed by atoms with Gasteiger partial charge in [-0.1, -0.05) is 122 Å². The Kier molecular flexibility index (Phi) is 8.31. The number of hydrogen-bond acceptors (Lipinski definition) is 2. The zero-order valence-corrected chi connectivity index (χ0v) is 27.9. The van der Waals surface area contributed by atoms with Crippen LogP contribution in [0.1, 0.15) is 35.7 Å². The number of aromatic nitrogens is 1. The van der Waals surface area contributed by atoms with Crippen LogP contribution in [0.25, 0.3) is 39.8 Å². The van der Waals surface area contributed by atoms with Crippen molar-refractivity contribution < 1.29 is 0 Å². The van der Waals surface area contributed by atoms with E-state index in [0.717, 1.165) is 95.0 Å². The lowest BCUT2D eigenvalue weighted by Crippen LogP contribution is -2.23. The molecule has 2 heteroatoms. The molecule has 4 aliphatic rings. The molecule has 0 amide bonds. The van der Waals surface area contributed by atoms with E-state index < -0.39 is 0 Å². The summed E-state index contributed by atoms with van der Waals surface area (Å²) in [6, 6.07) is 25.2. The zero-order chi connectivity index (χ0) is 33.9. The molecule has 4 aliphatic carbocycles. The highest BCUT2D eigenvalue weighted by molar-refractivity contribution is 6.11. The van der Waals surface area contributed by atoms with Crippen LogP contribution >= 0.6 is 0 Å². The third-order valence-electron chi connectivity index (χ3n) is 9.16. The predicted octanol–water partition coefficient (Wildman–Crippen LogP) is 10.2. The van der Waals surface area contributed by atoms with E-state index in [0.29, 0.717) is 0 Å². The van der Waals surface area contributed by atoms with Crippen LogP contribution in [-0.4, -0.2) is 10.7 Å². The third kappa shape index (κ3) is 6.21. The fraction of sp³-hybridized carbons (Fsp3) is 0.0417. The molecule has 0 spiro atoms.